The van der Waals surface area contributed by atoms with Crippen molar-refractivity contribution in [3.63, 3.8) is 0 Å². The van der Waals surface area contributed by atoms with E-state index < -0.39 is 8.32 Å². The fraction of sp³-hybridized carbons (Fsp3) is 0.909. The zero-order chi connectivity index (χ0) is 21.0. The number of aliphatic hydroxyl groups is 1. The molecule has 0 bridgehead atoms. The van der Waals surface area contributed by atoms with Crippen LogP contribution >= 0.6 is 0 Å². The van der Waals surface area contributed by atoms with Gasteiger partial charge in [-0.1, -0.05) is 53.2 Å². The lowest BCUT2D eigenvalue weighted by atomic mass is 9.65. The highest BCUT2D eigenvalue weighted by atomic mass is 28.4. The number of hydrogen-bond donors (Lipinski definition) is 1. The molecule has 1 N–H and O–H groups in total. The Labute approximate surface area is 168 Å². The SMILES string of the molecule is COCO[C@@H]1[C@@H](C)[C@@H](C)[C@H](O[Si](C)(C)C(C)(C)C)[C@@H](C)[C@@H]1C/C=C(\C)CO. The van der Waals surface area contributed by atoms with E-state index >= 15 is 0 Å². The molecule has 0 aromatic carbocycles. The molecule has 0 heterocycles. The highest BCUT2D eigenvalue weighted by Gasteiger charge is 2.49. The minimum Gasteiger partial charge on any atom is -0.413 e. The maximum atomic E-state index is 9.39. The molecule has 0 spiro atoms. The summed E-state index contributed by atoms with van der Waals surface area (Å²) in [7, 11) is -0.180. The molecule has 1 saturated carbocycles. The monoisotopic (exact) mass is 400 g/mol. The quantitative estimate of drug-likeness (QED) is 0.344. The van der Waals surface area contributed by atoms with E-state index in [9.17, 15) is 5.11 Å². The predicted octanol–water partition coefficient (Wildman–Crippen LogP) is 5.23. The normalized spacial score (nSPS) is 33.4. The fourth-order valence-electron chi connectivity index (χ4n) is 3.91. The number of aliphatic hydroxyl groups excluding tert-OH is 1. The van der Waals surface area contributed by atoms with E-state index in [2.05, 4.69) is 60.7 Å². The Bertz CT molecular complexity index is 483. The van der Waals surface area contributed by atoms with Crippen molar-refractivity contribution in [2.75, 3.05) is 20.5 Å². The van der Waals surface area contributed by atoms with E-state index in [1.54, 1.807) is 7.11 Å². The van der Waals surface area contributed by atoms with Crippen molar-refractivity contribution in [2.45, 2.75) is 85.2 Å². The van der Waals surface area contributed by atoms with Crippen LogP contribution in [0.1, 0.15) is 54.9 Å². The van der Waals surface area contributed by atoms with Crippen LogP contribution in [0.25, 0.3) is 0 Å². The molecule has 0 saturated heterocycles. The van der Waals surface area contributed by atoms with Gasteiger partial charge in [0.05, 0.1) is 18.8 Å². The third kappa shape index (κ3) is 6.14. The largest absolute Gasteiger partial charge is 0.413 e. The van der Waals surface area contributed by atoms with E-state index in [1.165, 1.54) is 0 Å². The molecule has 4 nitrogen and oxygen atoms in total. The Balaban J connectivity index is 3.14. The van der Waals surface area contributed by atoms with E-state index in [1.807, 2.05) is 6.92 Å². The van der Waals surface area contributed by atoms with Gasteiger partial charge in [0.15, 0.2) is 8.32 Å². The molecule has 6 atom stereocenters. The van der Waals surface area contributed by atoms with Gasteiger partial charge in [-0.05, 0) is 55.1 Å². The Kier molecular flexibility index (Phi) is 9.21. The molecular weight excluding hydrogens is 356 g/mol. The zero-order valence-electron chi connectivity index (χ0n) is 19.3. The Morgan fingerprint density at radius 1 is 1.04 bits per heavy atom. The second kappa shape index (κ2) is 10.0. The Morgan fingerprint density at radius 3 is 2.07 bits per heavy atom. The number of hydrogen-bond acceptors (Lipinski definition) is 4. The van der Waals surface area contributed by atoms with Gasteiger partial charge >= 0.3 is 0 Å². The lowest BCUT2D eigenvalue weighted by molar-refractivity contribution is -0.165. The summed E-state index contributed by atoms with van der Waals surface area (Å²) in [5.74, 6) is 1.55. The lowest BCUT2D eigenvalue weighted by Crippen LogP contribution is -2.56. The molecule has 0 amide bonds. The summed E-state index contributed by atoms with van der Waals surface area (Å²) < 4.78 is 18.3. The second-order valence-corrected chi connectivity index (χ2v) is 14.8. The molecule has 5 heteroatoms. The molecule has 0 aromatic heterocycles. The highest BCUT2D eigenvalue weighted by molar-refractivity contribution is 6.74. The number of ether oxygens (including phenoxy) is 2. The first-order valence-electron chi connectivity index (χ1n) is 10.4. The van der Waals surface area contributed by atoms with Crippen LogP contribution in [0.15, 0.2) is 11.6 Å². The van der Waals surface area contributed by atoms with Crippen molar-refractivity contribution in [2.24, 2.45) is 23.7 Å². The molecular formula is C22H44O4Si. The van der Waals surface area contributed by atoms with Crippen molar-refractivity contribution in [1.82, 2.24) is 0 Å². The maximum Gasteiger partial charge on any atom is 0.192 e. The predicted molar refractivity (Wildman–Crippen MR) is 115 cm³/mol. The molecule has 0 aliphatic heterocycles. The highest BCUT2D eigenvalue weighted by Crippen LogP contribution is 2.46. The molecule has 1 aliphatic carbocycles. The van der Waals surface area contributed by atoms with Crippen LogP contribution in [-0.2, 0) is 13.9 Å². The molecule has 0 radical (unpaired) electrons. The molecule has 160 valence electrons. The first kappa shape index (κ1) is 24.8. The summed E-state index contributed by atoms with van der Waals surface area (Å²) in [6.45, 7) is 20.9. The van der Waals surface area contributed by atoms with Crippen LogP contribution < -0.4 is 0 Å². The Morgan fingerprint density at radius 2 is 1.59 bits per heavy atom. The average Bonchev–Trinajstić information content (AvgIpc) is 2.58. The summed E-state index contributed by atoms with van der Waals surface area (Å²) in [6.07, 6.45) is 3.43. The van der Waals surface area contributed by atoms with E-state index in [0.29, 0.717) is 30.5 Å². The number of methoxy groups -OCH3 is 1. The number of allylic oxidation sites excluding steroid dienone is 1. The van der Waals surface area contributed by atoms with Crippen LogP contribution in [0.3, 0.4) is 0 Å². The minimum atomic E-state index is -1.86. The van der Waals surface area contributed by atoms with Gasteiger partial charge in [-0.3, -0.25) is 0 Å². The molecule has 1 rings (SSSR count). The second-order valence-electron chi connectivity index (χ2n) is 10.1. The van der Waals surface area contributed by atoms with Gasteiger partial charge in [-0.25, -0.2) is 0 Å². The summed E-state index contributed by atoms with van der Waals surface area (Å²) in [4.78, 5) is 0. The van der Waals surface area contributed by atoms with Gasteiger partial charge < -0.3 is 19.0 Å². The van der Waals surface area contributed by atoms with Crippen molar-refractivity contribution in [1.29, 1.82) is 0 Å². The van der Waals surface area contributed by atoms with Gasteiger partial charge in [0.2, 0.25) is 0 Å². The van der Waals surface area contributed by atoms with Crippen molar-refractivity contribution < 1.29 is 19.0 Å². The summed E-state index contributed by atoms with van der Waals surface area (Å²) in [6, 6.07) is 0. The maximum absolute atomic E-state index is 9.39. The first-order valence-corrected chi connectivity index (χ1v) is 13.3. The van der Waals surface area contributed by atoms with Gasteiger partial charge in [0.1, 0.15) is 6.79 Å². The smallest absolute Gasteiger partial charge is 0.192 e. The van der Waals surface area contributed by atoms with Crippen LogP contribution in [0.5, 0.6) is 0 Å². The standard InChI is InChI=1S/C22H44O4Si/c1-15(13-23)11-12-19-18(4)20(26-27(9,10)22(5,6)7)16(2)17(3)21(19)25-14-24-8/h11,16-21,23H,12-14H2,1-10H3/b15-11+/t16-,17+,18+,19+,20+,21-/m1/s1. The van der Waals surface area contributed by atoms with Crippen LogP contribution in [0.4, 0.5) is 0 Å². The average molecular weight is 401 g/mol. The van der Waals surface area contributed by atoms with Crippen molar-refractivity contribution in [3.8, 4) is 0 Å². The van der Waals surface area contributed by atoms with Crippen molar-refractivity contribution >= 4 is 8.32 Å². The molecule has 27 heavy (non-hydrogen) atoms. The van der Waals surface area contributed by atoms with Crippen LogP contribution in [0.2, 0.25) is 18.1 Å². The first-order chi connectivity index (χ1) is 12.4. The fourth-order valence-corrected chi connectivity index (χ4v) is 5.38. The third-order valence-electron chi connectivity index (χ3n) is 7.08. The van der Waals surface area contributed by atoms with Crippen LogP contribution in [0, 0.1) is 23.7 Å². The molecule has 0 aromatic rings. The van der Waals surface area contributed by atoms with Crippen molar-refractivity contribution in [3.05, 3.63) is 11.6 Å². The molecule has 1 fully saturated rings. The Hall–Kier alpha value is -0.203. The third-order valence-corrected chi connectivity index (χ3v) is 11.6. The summed E-state index contributed by atoms with van der Waals surface area (Å²) >= 11 is 0. The van der Waals surface area contributed by atoms with Gasteiger partial charge in [-0.2, -0.15) is 0 Å². The zero-order valence-corrected chi connectivity index (χ0v) is 20.3. The molecule has 0 unspecified atom stereocenters. The summed E-state index contributed by atoms with van der Waals surface area (Å²) in [5.41, 5.74) is 1.01. The number of rotatable bonds is 8. The van der Waals surface area contributed by atoms with E-state index in [4.69, 9.17) is 13.9 Å². The van der Waals surface area contributed by atoms with E-state index in [-0.39, 0.29) is 23.9 Å². The lowest BCUT2D eigenvalue weighted by Gasteiger charge is -2.52. The van der Waals surface area contributed by atoms with Crippen LogP contribution in [-0.4, -0.2) is 46.1 Å². The van der Waals surface area contributed by atoms with Gasteiger partial charge in [0, 0.05) is 7.11 Å². The summed E-state index contributed by atoms with van der Waals surface area (Å²) in [5, 5.41) is 9.58. The van der Waals surface area contributed by atoms with E-state index in [0.717, 1.165) is 12.0 Å². The topological polar surface area (TPSA) is 47.9 Å². The van der Waals surface area contributed by atoms with Gasteiger partial charge in [0.25, 0.3) is 0 Å². The minimum absolute atomic E-state index is 0.112. The van der Waals surface area contributed by atoms with Gasteiger partial charge in [-0.15, -0.1) is 0 Å². The molecule has 1 aliphatic rings.